The standard InChI is InChI=1S/C20H28N6O/c1-14(2)26-13-15-9-10-17(11-18(15)25-26)24-20(21-3)22-12-19(27)23-16-7-5-4-6-8-16/h4-8,13-14,17H,9-12H2,1-3H3,(H,23,27)(H2,21,22,24). The van der Waals surface area contributed by atoms with Crippen LogP contribution in [-0.4, -0.2) is 41.3 Å². The highest BCUT2D eigenvalue weighted by Crippen LogP contribution is 2.21. The average molecular weight is 368 g/mol. The number of para-hydroxylation sites is 1. The molecule has 0 saturated carbocycles. The average Bonchev–Trinajstić information content (AvgIpc) is 3.09. The number of aromatic nitrogens is 2. The van der Waals surface area contributed by atoms with Crippen LogP contribution in [0.1, 0.15) is 37.6 Å². The van der Waals surface area contributed by atoms with Crippen molar-refractivity contribution in [3.8, 4) is 0 Å². The topological polar surface area (TPSA) is 83.3 Å². The van der Waals surface area contributed by atoms with Crippen molar-refractivity contribution in [2.45, 2.75) is 45.2 Å². The van der Waals surface area contributed by atoms with E-state index >= 15 is 0 Å². The van der Waals surface area contributed by atoms with E-state index in [1.807, 2.05) is 35.0 Å². The second-order valence-corrected chi connectivity index (χ2v) is 7.10. The Morgan fingerprint density at radius 3 is 2.81 bits per heavy atom. The Morgan fingerprint density at radius 1 is 1.33 bits per heavy atom. The summed E-state index contributed by atoms with van der Waals surface area (Å²) < 4.78 is 2.04. The Kier molecular flexibility index (Phi) is 6.11. The highest BCUT2D eigenvalue weighted by molar-refractivity contribution is 5.95. The van der Waals surface area contributed by atoms with Gasteiger partial charge in [-0.15, -0.1) is 0 Å². The lowest BCUT2D eigenvalue weighted by molar-refractivity contribution is -0.115. The number of amides is 1. The number of anilines is 1. The summed E-state index contributed by atoms with van der Waals surface area (Å²) in [4.78, 5) is 16.3. The summed E-state index contributed by atoms with van der Waals surface area (Å²) in [7, 11) is 1.71. The minimum absolute atomic E-state index is 0.106. The molecule has 3 rings (SSSR count). The van der Waals surface area contributed by atoms with Gasteiger partial charge >= 0.3 is 0 Å². The first-order valence-corrected chi connectivity index (χ1v) is 9.44. The van der Waals surface area contributed by atoms with Crippen molar-refractivity contribution >= 4 is 17.6 Å². The highest BCUT2D eigenvalue weighted by Gasteiger charge is 2.23. The first-order chi connectivity index (χ1) is 13.0. The van der Waals surface area contributed by atoms with Crippen molar-refractivity contribution in [1.82, 2.24) is 20.4 Å². The molecule has 1 unspecified atom stereocenters. The third-order valence-electron chi connectivity index (χ3n) is 4.66. The van der Waals surface area contributed by atoms with Crippen LogP contribution >= 0.6 is 0 Å². The van der Waals surface area contributed by atoms with E-state index in [1.165, 1.54) is 5.56 Å². The van der Waals surface area contributed by atoms with E-state index in [4.69, 9.17) is 5.10 Å². The number of nitrogens with one attached hydrogen (secondary N) is 3. The number of guanidine groups is 1. The normalized spacial score (nSPS) is 16.7. The molecular formula is C20H28N6O. The summed E-state index contributed by atoms with van der Waals surface area (Å²) in [6.45, 7) is 4.44. The number of hydrogen-bond acceptors (Lipinski definition) is 3. The summed E-state index contributed by atoms with van der Waals surface area (Å²) in [6.07, 6.45) is 5.06. The Bertz CT molecular complexity index is 796. The number of benzene rings is 1. The van der Waals surface area contributed by atoms with Gasteiger partial charge in [-0.25, -0.2) is 0 Å². The second kappa shape index (κ2) is 8.70. The van der Waals surface area contributed by atoms with E-state index in [1.54, 1.807) is 7.05 Å². The molecule has 7 nitrogen and oxygen atoms in total. The number of aryl methyl sites for hydroxylation is 1. The van der Waals surface area contributed by atoms with Gasteiger partial charge in [0, 0.05) is 37.4 Å². The van der Waals surface area contributed by atoms with Crippen LogP contribution in [0.25, 0.3) is 0 Å². The van der Waals surface area contributed by atoms with E-state index in [2.05, 4.69) is 41.0 Å². The van der Waals surface area contributed by atoms with Gasteiger partial charge in [-0.2, -0.15) is 5.10 Å². The maximum atomic E-state index is 12.1. The van der Waals surface area contributed by atoms with Gasteiger partial charge in [0.2, 0.25) is 5.91 Å². The first kappa shape index (κ1) is 18.9. The quantitative estimate of drug-likeness (QED) is 0.558. The Morgan fingerprint density at radius 2 is 2.11 bits per heavy atom. The van der Waals surface area contributed by atoms with Gasteiger partial charge in [-0.1, -0.05) is 18.2 Å². The van der Waals surface area contributed by atoms with Crippen molar-refractivity contribution in [3.05, 3.63) is 47.8 Å². The molecule has 1 atom stereocenters. The zero-order valence-corrected chi connectivity index (χ0v) is 16.2. The van der Waals surface area contributed by atoms with E-state index < -0.39 is 0 Å². The van der Waals surface area contributed by atoms with Crippen LogP contribution in [0.4, 0.5) is 5.69 Å². The minimum atomic E-state index is -0.106. The van der Waals surface area contributed by atoms with Gasteiger partial charge in [-0.05, 0) is 44.4 Å². The van der Waals surface area contributed by atoms with Gasteiger partial charge in [0.25, 0.3) is 0 Å². The molecule has 7 heteroatoms. The smallest absolute Gasteiger partial charge is 0.243 e. The molecule has 1 aromatic heterocycles. The van der Waals surface area contributed by atoms with Crippen LogP contribution in [0.5, 0.6) is 0 Å². The Balaban J connectivity index is 1.49. The molecule has 1 aliphatic carbocycles. The zero-order chi connectivity index (χ0) is 19.2. The molecule has 1 aliphatic rings. The van der Waals surface area contributed by atoms with Crippen molar-refractivity contribution in [2.24, 2.45) is 4.99 Å². The summed E-state index contributed by atoms with van der Waals surface area (Å²) in [5, 5.41) is 14.1. The molecule has 1 aromatic carbocycles. The van der Waals surface area contributed by atoms with Gasteiger partial charge < -0.3 is 16.0 Å². The fraction of sp³-hybridized carbons (Fsp3) is 0.450. The molecular weight excluding hydrogens is 340 g/mol. The number of nitrogens with zero attached hydrogens (tertiary/aromatic N) is 3. The molecule has 0 spiro atoms. The van der Waals surface area contributed by atoms with E-state index in [-0.39, 0.29) is 18.5 Å². The molecule has 0 saturated heterocycles. The Hall–Kier alpha value is -2.83. The fourth-order valence-electron chi connectivity index (χ4n) is 3.18. The number of fused-ring (bicyclic) bond motifs is 1. The van der Waals surface area contributed by atoms with Gasteiger partial charge in [0.05, 0.1) is 12.2 Å². The highest BCUT2D eigenvalue weighted by atomic mass is 16.1. The number of aliphatic imine (C=N–C) groups is 1. The summed E-state index contributed by atoms with van der Waals surface area (Å²) in [6, 6.07) is 10.1. The molecule has 1 amide bonds. The number of carbonyl (C=O) groups is 1. The molecule has 0 bridgehead atoms. The summed E-state index contributed by atoms with van der Waals surface area (Å²) in [5.41, 5.74) is 3.28. The lowest BCUT2D eigenvalue weighted by atomic mass is 9.94. The number of rotatable bonds is 5. The second-order valence-electron chi connectivity index (χ2n) is 7.10. The van der Waals surface area contributed by atoms with E-state index in [0.717, 1.165) is 30.6 Å². The van der Waals surface area contributed by atoms with Crippen LogP contribution in [0.15, 0.2) is 41.5 Å². The fourth-order valence-corrected chi connectivity index (χ4v) is 3.18. The zero-order valence-electron chi connectivity index (χ0n) is 16.2. The number of carbonyl (C=O) groups excluding carboxylic acids is 1. The lowest BCUT2D eigenvalue weighted by Gasteiger charge is -2.24. The maximum Gasteiger partial charge on any atom is 0.243 e. The van der Waals surface area contributed by atoms with Gasteiger partial charge in [0.1, 0.15) is 0 Å². The largest absolute Gasteiger partial charge is 0.353 e. The predicted molar refractivity (Wildman–Crippen MR) is 108 cm³/mol. The van der Waals surface area contributed by atoms with Crippen molar-refractivity contribution in [1.29, 1.82) is 0 Å². The molecule has 3 N–H and O–H groups in total. The van der Waals surface area contributed by atoms with Crippen LogP contribution in [0, 0.1) is 0 Å². The summed E-state index contributed by atoms with van der Waals surface area (Å²) >= 11 is 0. The third-order valence-corrected chi connectivity index (χ3v) is 4.66. The third kappa shape index (κ3) is 5.09. The molecule has 0 aliphatic heterocycles. The van der Waals surface area contributed by atoms with Gasteiger partial charge in [-0.3, -0.25) is 14.5 Å². The Labute approximate surface area is 160 Å². The van der Waals surface area contributed by atoms with Crippen molar-refractivity contribution < 1.29 is 4.79 Å². The van der Waals surface area contributed by atoms with Gasteiger partial charge in [0.15, 0.2) is 5.96 Å². The lowest BCUT2D eigenvalue weighted by Crippen LogP contribution is -2.47. The molecule has 2 aromatic rings. The number of hydrogen-bond donors (Lipinski definition) is 3. The monoisotopic (exact) mass is 368 g/mol. The minimum Gasteiger partial charge on any atom is -0.353 e. The van der Waals surface area contributed by atoms with Crippen LogP contribution in [0.3, 0.4) is 0 Å². The van der Waals surface area contributed by atoms with Crippen LogP contribution in [0.2, 0.25) is 0 Å². The van der Waals surface area contributed by atoms with Crippen molar-refractivity contribution in [2.75, 3.05) is 18.9 Å². The SMILES string of the molecule is CN=C(NCC(=O)Nc1ccccc1)NC1CCc2cn(C(C)C)nc2C1. The maximum absolute atomic E-state index is 12.1. The van der Waals surface area contributed by atoms with Crippen LogP contribution in [-0.2, 0) is 17.6 Å². The molecule has 0 radical (unpaired) electrons. The summed E-state index contributed by atoms with van der Waals surface area (Å²) in [5.74, 6) is 0.528. The molecule has 144 valence electrons. The molecule has 27 heavy (non-hydrogen) atoms. The van der Waals surface area contributed by atoms with E-state index in [0.29, 0.717) is 12.0 Å². The van der Waals surface area contributed by atoms with Crippen LogP contribution < -0.4 is 16.0 Å². The molecule has 0 fully saturated rings. The first-order valence-electron chi connectivity index (χ1n) is 9.44. The van der Waals surface area contributed by atoms with Crippen molar-refractivity contribution in [3.63, 3.8) is 0 Å². The predicted octanol–water partition coefficient (Wildman–Crippen LogP) is 2.12. The molecule has 1 heterocycles. The van der Waals surface area contributed by atoms with E-state index in [9.17, 15) is 4.79 Å².